The van der Waals surface area contributed by atoms with Crippen LogP contribution in [0, 0.1) is 0 Å². The van der Waals surface area contributed by atoms with Gasteiger partial charge in [0.15, 0.2) is 0 Å². The molecule has 0 N–H and O–H groups in total. The molecule has 2 nitrogen and oxygen atoms in total. The van der Waals surface area contributed by atoms with Crippen molar-refractivity contribution in [3.05, 3.63) is 182 Å². The van der Waals surface area contributed by atoms with Crippen LogP contribution in [0.4, 0.5) is 0 Å². The summed E-state index contributed by atoms with van der Waals surface area (Å²) in [5.74, 6) is 0. The van der Waals surface area contributed by atoms with E-state index in [1.807, 2.05) is 11.3 Å². The van der Waals surface area contributed by atoms with Gasteiger partial charge in [-0.1, -0.05) is 121 Å². The van der Waals surface area contributed by atoms with Gasteiger partial charge < -0.3 is 9.13 Å². The van der Waals surface area contributed by atoms with E-state index in [1.54, 1.807) is 0 Å². The number of para-hydroxylation sites is 3. The van der Waals surface area contributed by atoms with Gasteiger partial charge in [-0.3, -0.25) is 0 Å². The van der Waals surface area contributed by atoms with Gasteiger partial charge in [0.05, 0.1) is 27.8 Å². The minimum absolute atomic E-state index is 1.16. The molecule has 0 saturated carbocycles. The molecule has 0 atom stereocenters. The van der Waals surface area contributed by atoms with Crippen LogP contribution in [0.2, 0.25) is 0 Å². The lowest BCUT2D eigenvalue weighted by molar-refractivity contribution is 1.17. The van der Waals surface area contributed by atoms with E-state index in [-0.39, 0.29) is 0 Å². The molecule has 0 unspecified atom stereocenters. The van der Waals surface area contributed by atoms with Gasteiger partial charge in [-0.2, -0.15) is 0 Å². The highest BCUT2D eigenvalue weighted by Crippen LogP contribution is 2.44. The predicted molar refractivity (Wildman–Crippen MR) is 219 cm³/mol. The zero-order chi connectivity index (χ0) is 33.5. The number of aromatic nitrogens is 2. The van der Waals surface area contributed by atoms with Crippen molar-refractivity contribution in [2.75, 3.05) is 0 Å². The Morgan fingerprint density at radius 2 is 0.882 bits per heavy atom. The minimum Gasteiger partial charge on any atom is -0.309 e. The van der Waals surface area contributed by atoms with E-state index in [9.17, 15) is 0 Å². The second-order valence-electron chi connectivity index (χ2n) is 13.3. The van der Waals surface area contributed by atoms with E-state index < -0.39 is 0 Å². The predicted octanol–water partition coefficient (Wildman–Crippen LogP) is 13.6. The van der Waals surface area contributed by atoms with Crippen molar-refractivity contribution in [3.63, 3.8) is 0 Å². The summed E-state index contributed by atoms with van der Waals surface area (Å²) >= 11 is 1.87. The quantitative estimate of drug-likeness (QED) is 0.177. The van der Waals surface area contributed by atoms with Crippen LogP contribution < -0.4 is 0 Å². The molecule has 0 aliphatic carbocycles. The Morgan fingerprint density at radius 1 is 0.333 bits per heavy atom. The number of hydrogen-bond donors (Lipinski definition) is 0. The van der Waals surface area contributed by atoms with Crippen molar-refractivity contribution in [2.45, 2.75) is 0 Å². The summed E-state index contributed by atoms with van der Waals surface area (Å²) < 4.78 is 7.56. The molecule has 0 fully saturated rings. The molecular formula is C48H30N2S. The second kappa shape index (κ2) is 11.0. The number of benzene rings is 8. The highest BCUT2D eigenvalue weighted by atomic mass is 32.1. The monoisotopic (exact) mass is 666 g/mol. The molecule has 0 bridgehead atoms. The van der Waals surface area contributed by atoms with Gasteiger partial charge in [0, 0.05) is 53.0 Å². The highest BCUT2D eigenvalue weighted by molar-refractivity contribution is 7.25. The largest absolute Gasteiger partial charge is 0.309 e. The topological polar surface area (TPSA) is 9.86 Å². The number of hydrogen-bond acceptors (Lipinski definition) is 1. The molecule has 0 radical (unpaired) electrons. The van der Waals surface area contributed by atoms with E-state index >= 15 is 0 Å². The molecule has 3 aromatic heterocycles. The first-order chi connectivity index (χ1) is 25.3. The fraction of sp³-hybridized carbons (Fsp3) is 0. The second-order valence-corrected chi connectivity index (χ2v) is 14.4. The van der Waals surface area contributed by atoms with Gasteiger partial charge in [0.1, 0.15) is 0 Å². The number of thiophene rings is 1. The van der Waals surface area contributed by atoms with Crippen LogP contribution in [0.5, 0.6) is 0 Å². The maximum atomic E-state index is 2.48. The minimum atomic E-state index is 1.16. The van der Waals surface area contributed by atoms with Gasteiger partial charge in [-0.05, 0) is 77.4 Å². The van der Waals surface area contributed by atoms with Crippen LogP contribution in [0.3, 0.4) is 0 Å². The number of nitrogens with zero attached hydrogens (tertiary/aromatic N) is 2. The molecule has 238 valence electrons. The average molecular weight is 667 g/mol. The van der Waals surface area contributed by atoms with Crippen molar-refractivity contribution in [1.29, 1.82) is 0 Å². The number of fused-ring (bicyclic) bond motifs is 10. The summed E-state index contributed by atoms with van der Waals surface area (Å²) in [6.45, 7) is 0. The lowest BCUT2D eigenvalue weighted by atomic mass is 10.0. The smallest absolute Gasteiger partial charge is 0.0549 e. The van der Waals surface area contributed by atoms with Crippen molar-refractivity contribution in [1.82, 2.24) is 9.13 Å². The third-order valence-electron chi connectivity index (χ3n) is 10.5. The molecule has 0 spiro atoms. The maximum Gasteiger partial charge on any atom is 0.0549 e. The fourth-order valence-electron chi connectivity index (χ4n) is 8.30. The molecule has 51 heavy (non-hydrogen) atoms. The molecule has 0 aliphatic heterocycles. The molecule has 3 heteroatoms. The summed E-state index contributed by atoms with van der Waals surface area (Å²) in [6, 6.07) is 66.6. The molecule has 3 heterocycles. The summed E-state index contributed by atoms with van der Waals surface area (Å²) in [7, 11) is 0. The lowest BCUT2D eigenvalue weighted by Gasteiger charge is -2.14. The van der Waals surface area contributed by atoms with Gasteiger partial charge in [0.2, 0.25) is 0 Å². The van der Waals surface area contributed by atoms with Crippen molar-refractivity contribution >= 4 is 75.1 Å². The average Bonchev–Trinajstić information content (AvgIpc) is 3.85. The summed E-state index contributed by atoms with van der Waals surface area (Å²) in [5, 5.41) is 7.73. The van der Waals surface area contributed by atoms with Crippen LogP contribution >= 0.6 is 11.3 Å². The standard InChI is InChI=1S/C48H30N2S/c1-2-12-31(13-3-1)32-22-25-34(26-23-32)49-41-19-9-5-16-37(41)47-43(49)27-28-44-48(47)38-17-6-10-20-42(38)50(44)40-18-8-4-14-35(40)33-24-29-46-39(30-33)36-15-7-11-21-45(36)51-46/h1-30H. The van der Waals surface area contributed by atoms with Crippen LogP contribution in [0.15, 0.2) is 182 Å². The Hall–Kier alpha value is -6.42. The van der Waals surface area contributed by atoms with Crippen molar-refractivity contribution in [2.24, 2.45) is 0 Å². The summed E-state index contributed by atoms with van der Waals surface area (Å²) in [5.41, 5.74) is 12.1. The van der Waals surface area contributed by atoms with Crippen LogP contribution in [-0.4, -0.2) is 9.13 Å². The Morgan fingerprint density at radius 3 is 1.65 bits per heavy atom. The first-order valence-electron chi connectivity index (χ1n) is 17.4. The van der Waals surface area contributed by atoms with Crippen LogP contribution in [0.25, 0.3) is 97.4 Å². The SMILES string of the molecule is c1ccc(-c2ccc(-n3c4ccccc4c4c5c6ccccc6n(-c6ccccc6-c6ccc7sc8ccccc8c7c6)c5ccc43)cc2)cc1. The third-order valence-corrected chi connectivity index (χ3v) is 11.7. The van der Waals surface area contributed by atoms with E-state index in [0.717, 1.165) is 5.69 Å². The Kier molecular flexibility index (Phi) is 6.16. The Bertz CT molecular complexity index is 3120. The zero-order valence-electron chi connectivity index (χ0n) is 27.6. The first-order valence-corrected chi connectivity index (χ1v) is 18.3. The highest BCUT2D eigenvalue weighted by Gasteiger charge is 2.21. The van der Waals surface area contributed by atoms with Gasteiger partial charge in [-0.15, -0.1) is 11.3 Å². The fourth-order valence-corrected chi connectivity index (χ4v) is 9.38. The van der Waals surface area contributed by atoms with E-state index in [1.165, 1.54) is 91.7 Å². The molecular weight excluding hydrogens is 637 g/mol. The first kappa shape index (κ1) is 28.4. The normalized spacial score (nSPS) is 11.9. The van der Waals surface area contributed by atoms with Crippen molar-refractivity contribution in [3.8, 4) is 33.6 Å². The Balaban J connectivity index is 1.17. The number of rotatable bonds is 4. The lowest BCUT2D eigenvalue weighted by Crippen LogP contribution is -1.97. The zero-order valence-corrected chi connectivity index (χ0v) is 28.4. The van der Waals surface area contributed by atoms with Crippen molar-refractivity contribution < 1.29 is 0 Å². The maximum absolute atomic E-state index is 2.48. The van der Waals surface area contributed by atoms with E-state index in [4.69, 9.17) is 0 Å². The van der Waals surface area contributed by atoms with Crippen LogP contribution in [0.1, 0.15) is 0 Å². The summed E-state index contributed by atoms with van der Waals surface area (Å²) in [4.78, 5) is 0. The molecule has 0 saturated heterocycles. The molecule has 8 aromatic carbocycles. The van der Waals surface area contributed by atoms with Gasteiger partial charge in [0.25, 0.3) is 0 Å². The third kappa shape index (κ3) is 4.22. The van der Waals surface area contributed by atoms with E-state index in [2.05, 4.69) is 191 Å². The summed E-state index contributed by atoms with van der Waals surface area (Å²) in [6.07, 6.45) is 0. The molecule has 11 aromatic rings. The van der Waals surface area contributed by atoms with E-state index in [0.29, 0.717) is 0 Å². The Labute approximate surface area is 298 Å². The van der Waals surface area contributed by atoms with Crippen LogP contribution in [-0.2, 0) is 0 Å². The van der Waals surface area contributed by atoms with Gasteiger partial charge >= 0.3 is 0 Å². The molecule has 11 rings (SSSR count). The molecule has 0 aliphatic rings. The van der Waals surface area contributed by atoms with Gasteiger partial charge in [-0.25, -0.2) is 0 Å². The molecule has 0 amide bonds.